The number of hydrogen-bond acceptors (Lipinski definition) is 5. The summed E-state index contributed by atoms with van der Waals surface area (Å²) in [5, 5.41) is 0. The number of anilines is 1. The molecule has 72 valence electrons. The summed E-state index contributed by atoms with van der Waals surface area (Å²) in [7, 11) is 0. The third kappa shape index (κ3) is 4.24. The predicted octanol–water partition coefficient (Wildman–Crippen LogP) is -0.310. The van der Waals surface area contributed by atoms with Gasteiger partial charge in [0.2, 0.25) is 0 Å². The van der Waals surface area contributed by atoms with Crippen LogP contribution in [-0.4, -0.2) is 23.2 Å². The lowest BCUT2D eigenvalue weighted by molar-refractivity contribution is -0.248. The number of aromatic nitrogens is 2. The summed E-state index contributed by atoms with van der Waals surface area (Å²) in [5.41, 5.74) is 4.72. The van der Waals surface area contributed by atoms with E-state index in [-0.39, 0.29) is 5.82 Å². The minimum absolute atomic E-state index is 0.244. The molecule has 0 aromatic carbocycles. The molecule has 0 atom stereocenters. The van der Waals surface area contributed by atoms with Crippen molar-refractivity contribution in [1.29, 1.82) is 0 Å². The molecule has 2 heterocycles. The molecule has 6 heteroatoms. The molecule has 0 amide bonds. The first-order chi connectivity index (χ1) is 6.29. The van der Waals surface area contributed by atoms with Crippen molar-refractivity contribution in [3.63, 3.8) is 0 Å². The highest BCUT2D eigenvalue weighted by atomic mass is 17.2. The van der Waals surface area contributed by atoms with Crippen LogP contribution >= 0.6 is 0 Å². The number of nitrogens with one attached hydrogen (secondary N) is 1. The van der Waals surface area contributed by atoms with E-state index >= 15 is 0 Å². The van der Waals surface area contributed by atoms with Crippen LogP contribution in [0, 0.1) is 0 Å². The van der Waals surface area contributed by atoms with Crippen molar-refractivity contribution in [2.24, 2.45) is 0 Å². The number of nitrogens with zero attached hydrogens (tertiary/aromatic N) is 1. The van der Waals surface area contributed by atoms with Gasteiger partial charge in [0.15, 0.2) is 0 Å². The molecule has 0 spiro atoms. The van der Waals surface area contributed by atoms with Gasteiger partial charge in [-0.05, 0) is 6.07 Å². The molecule has 0 bridgehead atoms. The van der Waals surface area contributed by atoms with Crippen LogP contribution in [0.15, 0.2) is 17.1 Å². The van der Waals surface area contributed by atoms with Crippen molar-refractivity contribution >= 4 is 5.82 Å². The van der Waals surface area contributed by atoms with Crippen LogP contribution in [0.3, 0.4) is 0 Å². The first kappa shape index (κ1) is 9.69. The van der Waals surface area contributed by atoms with Gasteiger partial charge in [-0.1, -0.05) is 0 Å². The summed E-state index contributed by atoms with van der Waals surface area (Å²) in [6, 6.07) is 1.52. The van der Waals surface area contributed by atoms with Gasteiger partial charge < -0.3 is 10.7 Å². The van der Waals surface area contributed by atoms with E-state index in [0.717, 1.165) is 19.6 Å². The molecule has 0 unspecified atom stereocenters. The third-order valence-corrected chi connectivity index (χ3v) is 1.23. The fraction of sp³-hybridized carbons (Fsp3) is 0.429. The fourth-order valence-electron chi connectivity index (χ4n) is 0.680. The van der Waals surface area contributed by atoms with Crippen LogP contribution in [0.4, 0.5) is 5.82 Å². The van der Waals surface area contributed by atoms with Crippen LogP contribution in [0.2, 0.25) is 0 Å². The lowest BCUT2D eigenvalue weighted by Crippen LogP contribution is -2.10. The minimum Gasteiger partial charge on any atom is -0.383 e. The number of aromatic amines is 1. The molecule has 2 rings (SSSR count). The van der Waals surface area contributed by atoms with E-state index in [0.29, 0.717) is 0 Å². The molecule has 13 heavy (non-hydrogen) atoms. The van der Waals surface area contributed by atoms with Gasteiger partial charge in [-0.3, -0.25) is 0 Å². The van der Waals surface area contributed by atoms with Crippen LogP contribution in [-0.2, 0) is 9.78 Å². The Kier molecular flexibility index (Phi) is 3.94. The SMILES string of the molecule is C1COOC1.Nc1cc[nH]c(=O)n1. The monoisotopic (exact) mass is 185 g/mol. The van der Waals surface area contributed by atoms with E-state index in [1.165, 1.54) is 12.3 Å². The molecule has 3 N–H and O–H groups in total. The van der Waals surface area contributed by atoms with E-state index < -0.39 is 5.69 Å². The molecule has 1 saturated heterocycles. The summed E-state index contributed by atoms with van der Waals surface area (Å²) in [6.07, 6.45) is 2.50. The van der Waals surface area contributed by atoms with E-state index in [9.17, 15) is 4.79 Å². The third-order valence-electron chi connectivity index (χ3n) is 1.23. The molecule has 1 aliphatic rings. The quantitative estimate of drug-likeness (QED) is 0.541. The van der Waals surface area contributed by atoms with Gasteiger partial charge in [0.05, 0.1) is 13.2 Å². The zero-order valence-corrected chi connectivity index (χ0v) is 7.03. The molecule has 1 aromatic heterocycles. The summed E-state index contributed by atoms with van der Waals surface area (Å²) in [5.74, 6) is 0.244. The Bertz CT molecular complexity index is 287. The lowest BCUT2D eigenvalue weighted by Gasteiger charge is -1.83. The smallest absolute Gasteiger partial charge is 0.346 e. The molecule has 1 fully saturated rings. The topological polar surface area (TPSA) is 90.2 Å². The van der Waals surface area contributed by atoms with E-state index in [4.69, 9.17) is 5.73 Å². The van der Waals surface area contributed by atoms with Gasteiger partial charge in [-0.15, -0.1) is 0 Å². The predicted molar refractivity (Wildman–Crippen MR) is 45.8 cm³/mol. The average Bonchev–Trinajstić information content (AvgIpc) is 2.59. The Morgan fingerprint density at radius 3 is 2.46 bits per heavy atom. The molecule has 0 radical (unpaired) electrons. The van der Waals surface area contributed by atoms with Gasteiger partial charge in [-0.2, -0.15) is 4.98 Å². The minimum atomic E-state index is -0.412. The maximum Gasteiger partial charge on any atom is 0.346 e. The van der Waals surface area contributed by atoms with Gasteiger partial charge >= 0.3 is 5.69 Å². The van der Waals surface area contributed by atoms with Gasteiger partial charge in [0.1, 0.15) is 5.82 Å². The maximum atomic E-state index is 10.2. The van der Waals surface area contributed by atoms with Gasteiger partial charge in [0.25, 0.3) is 0 Å². The van der Waals surface area contributed by atoms with Crippen LogP contribution in [0.1, 0.15) is 6.42 Å². The van der Waals surface area contributed by atoms with Crippen molar-refractivity contribution in [2.75, 3.05) is 18.9 Å². The van der Waals surface area contributed by atoms with Crippen LogP contribution in [0.5, 0.6) is 0 Å². The van der Waals surface area contributed by atoms with Crippen molar-refractivity contribution < 1.29 is 9.78 Å². The van der Waals surface area contributed by atoms with Crippen LogP contribution in [0.25, 0.3) is 0 Å². The van der Waals surface area contributed by atoms with Crippen molar-refractivity contribution in [3.8, 4) is 0 Å². The highest BCUT2D eigenvalue weighted by Gasteiger charge is 1.95. The largest absolute Gasteiger partial charge is 0.383 e. The second-order valence-corrected chi connectivity index (χ2v) is 2.32. The molecule has 0 saturated carbocycles. The number of hydrogen-bond donors (Lipinski definition) is 2. The van der Waals surface area contributed by atoms with E-state index in [2.05, 4.69) is 19.7 Å². The van der Waals surface area contributed by atoms with Crippen molar-refractivity contribution in [1.82, 2.24) is 9.97 Å². The van der Waals surface area contributed by atoms with Crippen LogP contribution < -0.4 is 11.4 Å². The Hall–Kier alpha value is -1.40. The normalized spacial score (nSPS) is 14.8. The number of rotatable bonds is 0. The Morgan fingerprint density at radius 2 is 2.15 bits per heavy atom. The summed E-state index contributed by atoms with van der Waals surface area (Å²) < 4.78 is 0. The highest BCUT2D eigenvalue weighted by molar-refractivity contribution is 5.22. The zero-order valence-electron chi connectivity index (χ0n) is 7.03. The molecule has 6 nitrogen and oxygen atoms in total. The molecular formula is C7H11N3O3. The molecule has 0 aliphatic carbocycles. The van der Waals surface area contributed by atoms with Gasteiger partial charge in [0, 0.05) is 12.6 Å². The number of nitrogen functional groups attached to an aromatic ring is 1. The average molecular weight is 185 g/mol. The van der Waals surface area contributed by atoms with Crippen molar-refractivity contribution in [2.45, 2.75) is 6.42 Å². The molecule has 1 aromatic rings. The Labute approximate surface area is 74.6 Å². The first-order valence-electron chi connectivity index (χ1n) is 3.84. The Morgan fingerprint density at radius 1 is 1.46 bits per heavy atom. The summed E-state index contributed by atoms with van der Waals surface area (Å²) in [6.45, 7) is 1.56. The number of H-pyrrole nitrogens is 1. The van der Waals surface area contributed by atoms with E-state index in [1.54, 1.807) is 0 Å². The summed E-state index contributed by atoms with van der Waals surface area (Å²) >= 11 is 0. The first-order valence-corrected chi connectivity index (χ1v) is 3.84. The molecular weight excluding hydrogens is 174 g/mol. The summed E-state index contributed by atoms with van der Waals surface area (Å²) in [4.78, 5) is 24.8. The second kappa shape index (κ2) is 5.28. The zero-order chi connectivity index (χ0) is 9.52. The molecule has 1 aliphatic heterocycles. The second-order valence-electron chi connectivity index (χ2n) is 2.32. The van der Waals surface area contributed by atoms with Gasteiger partial charge in [-0.25, -0.2) is 14.6 Å². The maximum absolute atomic E-state index is 10.2. The highest BCUT2D eigenvalue weighted by Crippen LogP contribution is 1.93. The fourth-order valence-corrected chi connectivity index (χ4v) is 0.680. The van der Waals surface area contributed by atoms with Crippen molar-refractivity contribution in [3.05, 3.63) is 22.7 Å². The lowest BCUT2D eigenvalue weighted by atomic mass is 10.5. The van der Waals surface area contributed by atoms with E-state index in [1.807, 2.05) is 0 Å². The Balaban J connectivity index is 0.000000145. The number of nitrogens with two attached hydrogens (primary N) is 1. The standard InChI is InChI=1S/C4H5N3O.C3H6O2/c5-3-1-2-6-4(8)7-3;1-2-4-5-3-1/h1-2H,(H3,5,6,7,8);1-3H2.